The van der Waals surface area contributed by atoms with E-state index in [-0.39, 0.29) is 4.90 Å². The second-order valence-electron chi connectivity index (χ2n) is 1.78. The van der Waals surface area contributed by atoms with E-state index in [0.717, 1.165) is 0 Å². The highest BCUT2D eigenvalue weighted by Gasteiger charge is 2.03. The summed E-state index contributed by atoms with van der Waals surface area (Å²) in [5, 5.41) is 4.82. The third kappa shape index (κ3) is 1.55. The SMILES string of the molecule is NS(=O)(=O)c1cc[c]cc1. The third-order valence-corrected chi connectivity index (χ3v) is 1.95. The molecule has 1 aromatic rings. The van der Waals surface area contributed by atoms with Crippen LogP contribution in [0.4, 0.5) is 0 Å². The van der Waals surface area contributed by atoms with Crippen molar-refractivity contribution in [2.45, 2.75) is 4.90 Å². The van der Waals surface area contributed by atoms with Crippen molar-refractivity contribution in [2.75, 3.05) is 0 Å². The molecule has 0 spiro atoms. The van der Waals surface area contributed by atoms with Crippen LogP contribution in [0.1, 0.15) is 0 Å². The van der Waals surface area contributed by atoms with Crippen LogP contribution >= 0.6 is 0 Å². The van der Waals surface area contributed by atoms with Crippen LogP contribution in [0.5, 0.6) is 0 Å². The highest BCUT2D eigenvalue weighted by Crippen LogP contribution is 2.02. The van der Waals surface area contributed by atoms with Crippen LogP contribution in [0, 0.1) is 6.07 Å². The normalized spacial score (nSPS) is 11.3. The Morgan fingerprint density at radius 3 is 2.10 bits per heavy atom. The maximum absolute atomic E-state index is 10.6. The lowest BCUT2D eigenvalue weighted by atomic mass is 10.4. The largest absolute Gasteiger partial charge is 0.238 e. The van der Waals surface area contributed by atoms with E-state index >= 15 is 0 Å². The third-order valence-electron chi connectivity index (χ3n) is 1.02. The van der Waals surface area contributed by atoms with Gasteiger partial charge in [0.15, 0.2) is 0 Å². The molecule has 0 heterocycles. The van der Waals surface area contributed by atoms with Gasteiger partial charge in [-0.25, -0.2) is 13.6 Å². The Kier molecular flexibility index (Phi) is 1.74. The Hall–Kier alpha value is -0.870. The Balaban J connectivity index is 3.22. The van der Waals surface area contributed by atoms with Crippen molar-refractivity contribution in [2.24, 2.45) is 5.14 Å². The first-order valence-electron chi connectivity index (χ1n) is 2.59. The minimum absolute atomic E-state index is 0.117. The highest BCUT2D eigenvalue weighted by atomic mass is 32.2. The molecule has 0 unspecified atom stereocenters. The van der Waals surface area contributed by atoms with Crippen molar-refractivity contribution in [3.63, 3.8) is 0 Å². The summed E-state index contributed by atoms with van der Waals surface area (Å²) in [5.41, 5.74) is 0. The molecule has 3 nitrogen and oxygen atoms in total. The predicted octanol–water partition coefficient (Wildman–Crippen LogP) is 0.134. The molecular weight excluding hydrogens is 150 g/mol. The zero-order valence-electron chi connectivity index (χ0n) is 5.11. The molecule has 53 valence electrons. The second-order valence-corrected chi connectivity index (χ2v) is 3.34. The fraction of sp³-hybridized carbons (Fsp3) is 0. The fourth-order valence-electron chi connectivity index (χ4n) is 0.561. The van der Waals surface area contributed by atoms with Crippen LogP contribution in [0.3, 0.4) is 0 Å². The topological polar surface area (TPSA) is 60.2 Å². The van der Waals surface area contributed by atoms with Gasteiger partial charge in [-0.05, 0) is 18.2 Å². The van der Waals surface area contributed by atoms with E-state index in [1.165, 1.54) is 24.3 Å². The molecule has 0 saturated carbocycles. The van der Waals surface area contributed by atoms with Gasteiger partial charge in [-0.15, -0.1) is 0 Å². The van der Waals surface area contributed by atoms with E-state index in [4.69, 9.17) is 5.14 Å². The molecule has 1 aromatic carbocycles. The standard InChI is InChI=1S/C6H6NO2S/c7-10(8,9)6-4-2-1-3-5-6/h2-5H,(H2,7,8,9). The Bertz CT molecular complexity index is 304. The predicted molar refractivity (Wildman–Crippen MR) is 36.7 cm³/mol. The lowest BCUT2D eigenvalue weighted by molar-refractivity contribution is 0.598. The summed E-state index contributed by atoms with van der Waals surface area (Å²) < 4.78 is 21.2. The fourth-order valence-corrected chi connectivity index (χ4v) is 1.08. The first-order valence-corrected chi connectivity index (χ1v) is 4.14. The van der Waals surface area contributed by atoms with Gasteiger partial charge >= 0.3 is 0 Å². The highest BCUT2D eigenvalue weighted by molar-refractivity contribution is 7.89. The van der Waals surface area contributed by atoms with Crippen molar-refractivity contribution in [1.29, 1.82) is 0 Å². The number of nitrogens with two attached hydrogens (primary N) is 1. The Labute approximate surface area is 59.5 Å². The molecular formula is C6H6NO2S. The lowest BCUT2D eigenvalue weighted by Crippen LogP contribution is -2.11. The zero-order chi connectivity index (χ0) is 7.61. The number of sulfonamides is 1. The summed E-state index contributed by atoms with van der Waals surface area (Å²) in [7, 11) is -3.52. The van der Waals surface area contributed by atoms with E-state index in [1.54, 1.807) is 0 Å². The van der Waals surface area contributed by atoms with E-state index in [1.807, 2.05) is 0 Å². The van der Waals surface area contributed by atoms with Crippen LogP contribution in [0.15, 0.2) is 29.2 Å². The van der Waals surface area contributed by atoms with E-state index in [0.29, 0.717) is 0 Å². The quantitative estimate of drug-likeness (QED) is 0.628. The molecule has 0 aromatic heterocycles. The summed E-state index contributed by atoms with van der Waals surface area (Å²) in [4.78, 5) is 0.117. The Morgan fingerprint density at radius 1 is 1.30 bits per heavy atom. The summed E-state index contributed by atoms with van der Waals surface area (Å²) >= 11 is 0. The number of hydrogen-bond donors (Lipinski definition) is 1. The molecule has 0 saturated heterocycles. The molecule has 10 heavy (non-hydrogen) atoms. The Morgan fingerprint density at radius 2 is 1.80 bits per heavy atom. The molecule has 2 N–H and O–H groups in total. The van der Waals surface area contributed by atoms with Gasteiger partial charge in [-0.2, -0.15) is 0 Å². The number of rotatable bonds is 1. The molecule has 0 bridgehead atoms. The van der Waals surface area contributed by atoms with Gasteiger partial charge in [0.05, 0.1) is 4.90 Å². The van der Waals surface area contributed by atoms with Crippen LogP contribution in [0.25, 0.3) is 0 Å². The molecule has 0 aliphatic heterocycles. The smallest absolute Gasteiger partial charge is 0.225 e. The minimum Gasteiger partial charge on any atom is -0.225 e. The van der Waals surface area contributed by atoms with Gasteiger partial charge in [0.2, 0.25) is 10.0 Å². The van der Waals surface area contributed by atoms with Crippen molar-refractivity contribution in [3.8, 4) is 0 Å². The van der Waals surface area contributed by atoms with Crippen molar-refractivity contribution in [3.05, 3.63) is 30.3 Å². The van der Waals surface area contributed by atoms with Gasteiger partial charge in [-0.1, -0.05) is 12.1 Å². The van der Waals surface area contributed by atoms with Crippen LogP contribution in [-0.2, 0) is 10.0 Å². The molecule has 0 fully saturated rings. The van der Waals surface area contributed by atoms with E-state index in [9.17, 15) is 8.42 Å². The van der Waals surface area contributed by atoms with Gasteiger partial charge < -0.3 is 0 Å². The van der Waals surface area contributed by atoms with E-state index in [2.05, 4.69) is 6.07 Å². The average Bonchev–Trinajstić information content (AvgIpc) is 1.88. The van der Waals surface area contributed by atoms with Crippen molar-refractivity contribution >= 4 is 10.0 Å². The zero-order valence-corrected chi connectivity index (χ0v) is 5.93. The summed E-state index contributed by atoms with van der Waals surface area (Å²) in [6, 6.07) is 8.48. The van der Waals surface area contributed by atoms with E-state index < -0.39 is 10.0 Å². The molecule has 4 heteroatoms. The maximum Gasteiger partial charge on any atom is 0.238 e. The summed E-state index contributed by atoms with van der Waals surface area (Å²) in [6.45, 7) is 0. The number of benzene rings is 1. The number of primary sulfonamides is 1. The van der Waals surface area contributed by atoms with Crippen molar-refractivity contribution < 1.29 is 8.42 Å². The first kappa shape index (κ1) is 7.24. The van der Waals surface area contributed by atoms with Gasteiger partial charge in [0.1, 0.15) is 0 Å². The lowest BCUT2D eigenvalue weighted by Gasteiger charge is -1.93. The summed E-state index contributed by atoms with van der Waals surface area (Å²) in [6.07, 6.45) is 0. The molecule has 0 aliphatic rings. The molecule has 0 aliphatic carbocycles. The van der Waals surface area contributed by atoms with Crippen LogP contribution in [-0.4, -0.2) is 8.42 Å². The first-order chi connectivity index (χ1) is 4.61. The number of hydrogen-bond acceptors (Lipinski definition) is 2. The molecule has 1 rings (SSSR count). The molecule has 0 atom stereocenters. The van der Waals surface area contributed by atoms with Gasteiger partial charge in [-0.3, -0.25) is 0 Å². The second kappa shape index (κ2) is 2.40. The summed E-state index contributed by atoms with van der Waals surface area (Å²) in [5.74, 6) is 0. The van der Waals surface area contributed by atoms with Crippen molar-refractivity contribution in [1.82, 2.24) is 0 Å². The van der Waals surface area contributed by atoms with Crippen LogP contribution < -0.4 is 5.14 Å². The van der Waals surface area contributed by atoms with Gasteiger partial charge in [0.25, 0.3) is 0 Å². The monoisotopic (exact) mass is 156 g/mol. The molecule has 1 radical (unpaired) electrons. The average molecular weight is 156 g/mol. The molecule has 0 amide bonds. The minimum atomic E-state index is -3.52. The maximum atomic E-state index is 10.6. The van der Waals surface area contributed by atoms with Crippen LogP contribution in [0.2, 0.25) is 0 Å². The van der Waals surface area contributed by atoms with Gasteiger partial charge in [0, 0.05) is 0 Å².